The molecule has 0 amide bonds. The van der Waals surface area contributed by atoms with E-state index in [2.05, 4.69) is 10.0 Å². The van der Waals surface area contributed by atoms with E-state index >= 15 is 0 Å². The highest BCUT2D eigenvalue weighted by Gasteiger charge is 2.34. The molecule has 1 fully saturated rings. The van der Waals surface area contributed by atoms with Gasteiger partial charge in [-0.3, -0.25) is 10.1 Å². The molecule has 2 N–H and O–H groups in total. The first-order valence-corrected chi connectivity index (χ1v) is 9.09. The van der Waals surface area contributed by atoms with E-state index in [-0.39, 0.29) is 20.3 Å². The summed E-state index contributed by atoms with van der Waals surface area (Å²) in [5.74, 6) is 0. The van der Waals surface area contributed by atoms with Gasteiger partial charge in [0.1, 0.15) is 4.21 Å². The van der Waals surface area contributed by atoms with Crippen LogP contribution >= 0.6 is 11.3 Å². The Hall–Kier alpha value is -1.19. The third-order valence-corrected chi connectivity index (χ3v) is 6.70. The Bertz CT molecular complexity index is 635. The first-order valence-electron chi connectivity index (χ1n) is 6.79. The Morgan fingerprint density at radius 2 is 2.14 bits per heavy atom. The molecule has 1 aliphatic carbocycles. The maximum absolute atomic E-state index is 12.3. The minimum absolute atomic E-state index is 0.0146. The summed E-state index contributed by atoms with van der Waals surface area (Å²) in [6.45, 7) is 4.71. The van der Waals surface area contributed by atoms with Crippen molar-refractivity contribution in [2.24, 2.45) is 5.41 Å². The zero-order valence-electron chi connectivity index (χ0n) is 12.0. The minimum Gasteiger partial charge on any atom is -0.372 e. The lowest BCUT2D eigenvalue weighted by molar-refractivity contribution is -0.383. The van der Waals surface area contributed by atoms with Gasteiger partial charge in [-0.1, -0.05) is 24.7 Å². The summed E-state index contributed by atoms with van der Waals surface area (Å²) >= 11 is 0.892. The maximum atomic E-state index is 12.3. The van der Waals surface area contributed by atoms with E-state index in [1.807, 2.05) is 6.92 Å². The minimum atomic E-state index is -3.70. The number of anilines is 1. The molecule has 21 heavy (non-hydrogen) atoms. The molecule has 0 aromatic carbocycles. The maximum Gasteiger partial charge on any atom is 0.304 e. The van der Waals surface area contributed by atoms with Crippen molar-refractivity contribution >= 4 is 32.0 Å². The van der Waals surface area contributed by atoms with Gasteiger partial charge in [-0.05, 0) is 25.2 Å². The molecule has 118 valence electrons. The molecule has 0 saturated heterocycles. The third kappa shape index (κ3) is 3.53. The van der Waals surface area contributed by atoms with Crippen LogP contribution in [-0.4, -0.2) is 26.4 Å². The van der Waals surface area contributed by atoms with E-state index in [1.54, 1.807) is 6.92 Å². The van der Waals surface area contributed by atoms with Crippen molar-refractivity contribution in [3.63, 3.8) is 0 Å². The van der Waals surface area contributed by atoms with Crippen LogP contribution in [-0.2, 0) is 10.0 Å². The van der Waals surface area contributed by atoms with Gasteiger partial charge < -0.3 is 5.32 Å². The number of hydrogen-bond acceptors (Lipinski definition) is 6. The number of nitrogens with zero attached hydrogens (tertiary/aromatic N) is 1. The molecular formula is C12H19N3O4S2. The highest BCUT2D eigenvalue weighted by Crippen LogP contribution is 2.40. The van der Waals surface area contributed by atoms with Crippen molar-refractivity contribution in [3.8, 4) is 0 Å². The molecule has 0 aliphatic heterocycles. The fourth-order valence-electron chi connectivity index (χ4n) is 2.21. The Kier molecular flexibility index (Phi) is 4.54. The number of hydrogen-bond donors (Lipinski definition) is 2. The number of sulfonamides is 1. The predicted molar refractivity (Wildman–Crippen MR) is 82.3 cm³/mol. The van der Waals surface area contributed by atoms with Gasteiger partial charge in [0.15, 0.2) is 5.00 Å². The zero-order chi connectivity index (χ0) is 15.7. The summed E-state index contributed by atoms with van der Waals surface area (Å²) < 4.78 is 27.1. The van der Waals surface area contributed by atoms with Crippen LogP contribution in [0.1, 0.15) is 33.1 Å². The lowest BCUT2D eigenvalue weighted by Gasteiger charge is -2.38. The van der Waals surface area contributed by atoms with Crippen molar-refractivity contribution in [2.75, 3.05) is 18.4 Å². The molecule has 1 aromatic rings. The van der Waals surface area contributed by atoms with E-state index in [1.165, 1.54) is 0 Å². The van der Waals surface area contributed by atoms with Crippen LogP contribution in [0.2, 0.25) is 0 Å². The molecule has 0 radical (unpaired) electrons. The smallest absolute Gasteiger partial charge is 0.304 e. The number of thiophene rings is 1. The van der Waals surface area contributed by atoms with Gasteiger partial charge in [0, 0.05) is 19.2 Å². The molecular weight excluding hydrogens is 314 g/mol. The molecule has 7 nitrogen and oxygen atoms in total. The van der Waals surface area contributed by atoms with Crippen LogP contribution in [0.5, 0.6) is 0 Å². The Morgan fingerprint density at radius 3 is 2.62 bits per heavy atom. The quantitative estimate of drug-likeness (QED) is 0.590. The van der Waals surface area contributed by atoms with E-state index < -0.39 is 14.9 Å². The van der Waals surface area contributed by atoms with Crippen molar-refractivity contribution in [3.05, 3.63) is 16.2 Å². The van der Waals surface area contributed by atoms with Gasteiger partial charge in [-0.25, -0.2) is 13.1 Å². The molecule has 1 saturated carbocycles. The lowest BCUT2D eigenvalue weighted by atomic mass is 9.71. The fourth-order valence-corrected chi connectivity index (χ4v) is 4.85. The van der Waals surface area contributed by atoms with E-state index in [4.69, 9.17) is 0 Å². The summed E-state index contributed by atoms with van der Waals surface area (Å²) in [6, 6.07) is 1.12. The molecule has 0 bridgehead atoms. The third-order valence-electron chi connectivity index (χ3n) is 3.74. The molecule has 0 spiro atoms. The highest BCUT2D eigenvalue weighted by molar-refractivity contribution is 7.91. The number of rotatable bonds is 7. The van der Waals surface area contributed by atoms with Crippen LogP contribution < -0.4 is 10.0 Å². The second-order valence-electron chi connectivity index (χ2n) is 5.56. The SMILES string of the molecule is CCNc1sc(S(=O)(=O)NCC2(C)CCC2)cc1[N+](=O)[O-]. The average molecular weight is 333 g/mol. The number of nitro groups is 1. The van der Waals surface area contributed by atoms with Crippen LogP contribution in [0.3, 0.4) is 0 Å². The highest BCUT2D eigenvalue weighted by atomic mass is 32.2. The standard InChI is InChI=1S/C12H19N3O4S2/c1-3-13-11-9(15(16)17)7-10(20-11)21(18,19)14-8-12(2)5-4-6-12/h7,13-14H,3-6,8H2,1-2H3. The first kappa shape index (κ1) is 16.2. The summed E-state index contributed by atoms with van der Waals surface area (Å²) in [4.78, 5) is 10.4. The zero-order valence-corrected chi connectivity index (χ0v) is 13.6. The van der Waals surface area contributed by atoms with Gasteiger partial charge in [0.05, 0.1) is 4.92 Å². The molecule has 0 atom stereocenters. The Labute approximate surface area is 127 Å². The number of nitrogens with one attached hydrogen (secondary N) is 2. The van der Waals surface area contributed by atoms with Crippen LogP contribution in [0.25, 0.3) is 0 Å². The summed E-state index contributed by atoms with van der Waals surface area (Å²) in [6.07, 6.45) is 3.12. The van der Waals surface area contributed by atoms with Crippen molar-refractivity contribution in [2.45, 2.75) is 37.3 Å². The summed E-state index contributed by atoms with van der Waals surface area (Å²) in [7, 11) is -3.70. The Balaban J connectivity index is 2.19. The largest absolute Gasteiger partial charge is 0.372 e. The van der Waals surface area contributed by atoms with Gasteiger partial charge in [-0.15, -0.1) is 0 Å². The van der Waals surface area contributed by atoms with E-state index in [9.17, 15) is 18.5 Å². The van der Waals surface area contributed by atoms with Gasteiger partial charge >= 0.3 is 5.69 Å². The molecule has 9 heteroatoms. The molecule has 0 unspecified atom stereocenters. The van der Waals surface area contributed by atoms with Gasteiger partial charge in [-0.2, -0.15) is 0 Å². The summed E-state index contributed by atoms with van der Waals surface area (Å²) in [5, 5.41) is 14.1. The Morgan fingerprint density at radius 1 is 1.48 bits per heavy atom. The van der Waals surface area contributed by atoms with E-state index in [0.29, 0.717) is 13.1 Å². The summed E-state index contributed by atoms with van der Waals surface area (Å²) in [5.41, 5.74) is -0.183. The van der Waals surface area contributed by atoms with E-state index in [0.717, 1.165) is 36.7 Å². The van der Waals surface area contributed by atoms with Crippen molar-refractivity contribution in [1.29, 1.82) is 0 Å². The lowest BCUT2D eigenvalue weighted by Crippen LogP contribution is -2.39. The second-order valence-corrected chi connectivity index (χ2v) is 8.60. The van der Waals surface area contributed by atoms with Crippen LogP contribution in [0.4, 0.5) is 10.7 Å². The fraction of sp³-hybridized carbons (Fsp3) is 0.667. The normalized spacial score (nSPS) is 17.2. The molecule has 1 aromatic heterocycles. The molecule has 1 heterocycles. The second kappa shape index (κ2) is 5.90. The molecule has 2 rings (SSSR count). The van der Waals surface area contributed by atoms with Gasteiger partial charge in [0.25, 0.3) is 0 Å². The van der Waals surface area contributed by atoms with Gasteiger partial charge in [0.2, 0.25) is 10.0 Å². The predicted octanol–water partition coefficient (Wildman–Crippen LogP) is 2.56. The van der Waals surface area contributed by atoms with Crippen LogP contribution in [0, 0.1) is 15.5 Å². The first-order chi connectivity index (χ1) is 9.77. The monoisotopic (exact) mass is 333 g/mol. The van der Waals surface area contributed by atoms with Crippen LogP contribution in [0.15, 0.2) is 10.3 Å². The van der Waals surface area contributed by atoms with Crippen molar-refractivity contribution < 1.29 is 13.3 Å². The topological polar surface area (TPSA) is 101 Å². The average Bonchev–Trinajstić information content (AvgIpc) is 2.80. The molecule has 1 aliphatic rings. The van der Waals surface area contributed by atoms with Crippen molar-refractivity contribution in [1.82, 2.24) is 4.72 Å².